The minimum Gasteiger partial charge on any atom is -0.322 e. The van der Waals surface area contributed by atoms with E-state index >= 15 is 0 Å². The summed E-state index contributed by atoms with van der Waals surface area (Å²) in [5.41, 5.74) is 1.81. The van der Waals surface area contributed by atoms with Crippen LogP contribution in [0.15, 0.2) is 36.5 Å². The molecular weight excluding hydrogens is 255 g/mol. The minimum absolute atomic E-state index is 0.297. The van der Waals surface area contributed by atoms with E-state index in [1.54, 1.807) is 18.2 Å². The van der Waals surface area contributed by atoms with Crippen LogP contribution in [-0.4, -0.2) is 10.9 Å². The number of carbonyl (C=O) groups is 1. The molecule has 2 rings (SSSR count). The van der Waals surface area contributed by atoms with Crippen molar-refractivity contribution in [3.63, 3.8) is 0 Å². The molecule has 92 valence electrons. The predicted molar refractivity (Wildman–Crippen MR) is 68.3 cm³/mol. The van der Waals surface area contributed by atoms with Gasteiger partial charge in [0.2, 0.25) is 5.95 Å². The van der Waals surface area contributed by atoms with Gasteiger partial charge in [-0.1, -0.05) is 11.6 Å². The summed E-state index contributed by atoms with van der Waals surface area (Å²) in [6.07, 6.45) is 1.19. The minimum atomic E-state index is -0.616. The second-order valence-electron chi connectivity index (χ2n) is 3.78. The van der Waals surface area contributed by atoms with Gasteiger partial charge in [-0.25, -0.2) is 4.98 Å². The second-order valence-corrected chi connectivity index (χ2v) is 4.22. The standard InChI is InChI=1S/C13H10ClFN2O/c1-8-6-10(14)3-4-11(8)17-13(18)9-2-5-12(15)16-7-9/h2-7H,1H3,(H,17,18). The zero-order chi connectivity index (χ0) is 13.1. The maximum Gasteiger partial charge on any atom is 0.257 e. The Balaban J connectivity index is 2.18. The number of rotatable bonds is 2. The van der Waals surface area contributed by atoms with Crippen molar-refractivity contribution in [1.82, 2.24) is 4.98 Å². The smallest absolute Gasteiger partial charge is 0.257 e. The molecule has 0 aliphatic carbocycles. The van der Waals surface area contributed by atoms with Crippen molar-refractivity contribution < 1.29 is 9.18 Å². The maximum atomic E-state index is 12.6. The van der Waals surface area contributed by atoms with Crippen LogP contribution in [0.3, 0.4) is 0 Å². The van der Waals surface area contributed by atoms with Crippen LogP contribution in [0.2, 0.25) is 5.02 Å². The van der Waals surface area contributed by atoms with Crippen LogP contribution in [0.4, 0.5) is 10.1 Å². The van der Waals surface area contributed by atoms with Gasteiger partial charge in [0.15, 0.2) is 0 Å². The lowest BCUT2D eigenvalue weighted by Crippen LogP contribution is -2.13. The normalized spacial score (nSPS) is 10.2. The van der Waals surface area contributed by atoms with Crippen molar-refractivity contribution in [3.8, 4) is 0 Å². The van der Waals surface area contributed by atoms with Crippen LogP contribution in [0.25, 0.3) is 0 Å². The van der Waals surface area contributed by atoms with Crippen molar-refractivity contribution >= 4 is 23.2 Å². The highest BCUT2D eigenvalue weighted by Crippen LogP contribution is 2.20. The Hall–Kier alpha value is -1.94. The SMILES string of the molecule is Cc1cc(Cl)ccc1NC(=O)c1ccc(F)nc1. The van der Waals surface area contributed by atoms with E-state index in [0.29, 0.717) is 16.3 Å². The molecule has 1 aromatic carbocycles. The number of halogens is 2. The van der Waals surface area contributed by atoms with Gasteiger partial charge in [0.25, 0.3) is 5.91 Å². The van der Waals surface area contributed by atoms with E-state index in [1.165, 1.54) is 12.3 Å². The average Bonchev–Trinajstić information content (AvgIpc) is 2.33. The lowest BCUT2D eigenvalue weighted by atomic mass is 10.2. The van der Waals surface area contributed by atoms with E-state index in [-0.39, 0.29) is 5.91 Å². The molecule has 0 saturated carbocycles. The number of nitrogens with one attached hydrogen (secondary N) is 1. The molecular formula is C13H10ClFN2O. The topological polar surface area (TPSA) is 42.0 Å². The highest BCUT2D eigenvalue weighted by Gasteiger charge is 2.08. The fraction of sp³-hybridized carbons (Fsp3) is 0.0769. The highest BCUT2D eigenvalue weighted by atomic mass is 35.5. The molecule has 5 heteroatoms. The number of benzene rings is 1. The molecule has 0 atom stereocenters. The number of pyridine rings is 1. The number of carbonyl (C=O) groups excluding carboxylic acids is 1. The van der Waals surface area contributed by atoms with Gasteiger partial charge >= 0.3 is 0 Å². The molecule has 0 aliphatic heterocycles. The number of nitrogens with zero attached hydrogens (tertiary/aromatic N) is 1. The molecule has 0 saturated heterocycles. The van der Waals surface area contributed by atoms with Gasteiger partial charge in [-0.15, -0.1) is 0 Å². The van der Waals surface area contributed by atoms with E-state index in [9.17, 15) is 9.18 Å². The molecule has 18 heavy (non-hydrogen) atoms. The summed E-state index contributed by atoms with van der Waals surface area (Å²) in [5, 5.41) is 3.32. The van der Waals surface area contributed by atoms with Crippen LogP contribution < -0.4 is 5.32 Å². The fourth-order valence-electron chi connectivity index (χ4n) is 1.47. The maximum absolute atomic E-state index is 12.6. The predicted octanol–water partition coefficient (Wildman–Crippen LogP) is 3.43. The molecule has 1 aromatic heterocycles. The number of aryl methyl sites for hydroxylation is 1. The van der Waals surface area contributed by atoms with Crippen LogP contribution in [0.5, 0.6) is 0 Å². The zero-order valence-corrected chi connectivity index (χ0v) is 10.3. The number of anilines is 1. The van der Waals surface area contributed by atoms with Crippen LogP contribution in [0.1, 0.15) is 15.9 Å². The van der Waals surface area contributed by atoms with Crippen LogP contribution in [0, 0.1) is 12.9 Å². The first-order valence-electron chi connectivity index (χ1n) is 5.25. The largest absolute Gasteiger partial charge is 0.322 e. The van der Waals surface area contributed by atoms with Gasteiger partial charge < -0.3 is 5.32 Å². The molecule has 2 aromatic rings. The van der Waals surface area contributed by atoms with E-state index in [2.05, 4.69) is 10.3 Å². The quantitative estimate of drug-likeness (QED) is 0.845. The first-order chi connectivity index (χ1) is 8.56. The van der Waals surface area contributed by atoms with Gasteiger partial charge in [-0.2, -0.15) is 4.39 Å². The highest BCUT2D eigenvalue weighted by molar-refractivity contribution is 6.30. The monoisotopic (exact) mass is 264 g/mol. The van der Waals surface area contributed by atoms with Crippen molar-refractivity contribution in [2.24, 2.45) is 0 Å². The summed E-state index contributed by atoms with van der Waals surface area (Å²) in [6.45, 7) is 1.84. The Morgan fingerprint density at radius 3 is 2.72 bits per heavy atom. The molecule has 0 aliphatic rings. The number of hydrogen-bond donors (Lipinski definition) is 1. The number of amides is 1. The van der Waals surface area contributed by atoms with E-state index in [1.807, 2.05) is 6.92 Å². The van der Waals surface area contributed by atoms with E-state index in [0.717, 1.165) is 11.6 Å². The van der Waals surface area contributed by atoms with Crippen LogP contribution in [-0.2, 0) is 0 Å². The van der Waals surface area contributed by atoms with E-state index in [4.69, 9.17) is 11.6 Å². The Morgan fingerprint density at radius 1 is 1.33 bits per heavy atom. The van der Waals surface area contributed by atoms with Crippen molar-refractivity contribution in [1.29, 1.82) is 0 Å². The van der Waals surface area contributed by atoms with E-state index < -0.39 is 5.95 Å². The average molecular weight is 265 g/mol. The van der Waals surface area contributed by atoms with Crippen molar-refractivity contribution in [3.05, 3.63) is 58.6 Å². The first-order valence-corrected chi connectivity index (χ1v) is 5.63. The third-order valence-electron chi connectivity index (χ3n) is 2.43. The lowest BCUT2D eigenvalue weighted by molar-refractivity contribution is 0.102. The van der Waals surface area contributed by atoms with Gasteiger partial charge in [0, 0.05) is 16.9 Å². The Bertz CT molecular complexity index is 584. The second kappa shape index (κ2) is 5.14. The molecule has 0 bridgehead atoms. The summed E-state index contributed by atoms with van der Waals surface area (Å²) in [6, 6.07) is 7.67. The molecule has 0 unspecified atom stereocenters. The zero-order valence-electron chi connectivity index (χ0n) is 9.58. The number of aromatic nitrogens is 1. The molecule has 3 nitrogen and oxygen atoms in total. The van der Waals surface area contributed by atoms with Crippen molar-refractivity contribution in [2.45, 2.75) is 6.92 Å². The summed E-state index contributed by atoms with van der Waals surface area (Å²) in [7, 11) is 0. The summed E-state index contributed by atoms with van der Waals surface area (Å²) >= 11 is 5.82. The summed E-state index contributed by atoms with van der Waals surface area (Å²) in [4.78, 5) is 15.3. The Morgan fingerprint density at radius 2 is 2.11 bits per heavy atom. The van der Waals surface area contributed by atoms with Crippen molar-refractivity contribution in [2.75, 3.05) is 5.32 Å². The lowest BCUT2D eigenvalue weighted by Gasteiger charge is -2.08. The van der Waals surface area contributed by atoms with Gasteiger partial charge in [-0.05, 0) is 42.8 Å². The first kappa shape index (κ1) is 12.5. The fourth-order valence-corrected chi connectivity index (χ4v) is 1.70. The molecule has 0 radical (unpaired) electrons. The molecule has 0 spiro atoms. The summed E-state index contributed by atoms with van der Waals surface area (Å²) in [5.74, 6) is -0.956. The molecule has 1 N–H and O–H groups in total. The third kappa shape index (κ3) is 2.84. The Kier molecular flexibility index (Phi) is 3.58. The summed E-state index contributed by atoms with van der Waals surface area (Å²) < 4.78 is 12.6. The Labute approximate surface area is 109 Å². The van der Waals surface area contributed by atoms with Crippen LogP contribution >= 0.6 is 11.6 Å². The van der Waals surface area contributed by atoms with Gasteiger partial charge in [0.1, 0.15) is 0 Å². The third-order valence-corrected chi connectivity index (χ3v) is 2.66. The molecule has 0 fully saturated rings. The van der Waals surface area contributed by atoms with Gasteiger partial charge in [-0.3, -0.25) is 4.79 Å². The molecule has 1 amide bonds. The van der Waals surface area contributed by atoms with Gasteiger partial charge in [0.05, 0.1) is 5.56 Å². The number of hydrogen-bond acceptors (Lipinski definition) is 2. The molecule has 1 heterocycles.